The Kier molecular flexibility index (Phi) is 55.2. The highest BCUT2D eigenvalue weighted by atomic mass is 31.2. The molecule has 0 rings (SSSR count). The van der Waals surface area contributed by atoms with E-state index < -0.39 is 26.5 Å². The summed E-state index contributed by atoms with van der Waals surface area (Å²) in [6.45, 7) is 4.12. The first-order valence-electron chi connectivity index (χ1n) is 31.6. The number of phosphoric acid groups is 1. The van der Waals surface area contributed by atoms with Gasteiger partial charge in [0, 0.05) is 12.8 Å². The molecule has 9 nitrogen and oxygen atoms in total. The Morgan fingerprint density at radius 1 is 0.421 bits per heavy atom. The third-order valence-electron chi connectivity index (χ3n) is 13.7. The Labute approximate surface area is 469 Å². The van der Waals surface area contributed by atoms with Crippen LogP contribution in [0.2, 0.25) is 0 Å². The fraction of sp³-hybridized carbons (Fsp3) is 0.788. The van der Waals surface area contributed by atoms with Crippen LogP contribution in [0.1, 0.15) is 284 Å². The summed E-state index contributed by atoms with van der Waals surface area (Å²) in [7, 11) is 1.16. The summed E-state index contributed by atoms with van der Waals surface area (Å²) in [4.78, 5) is 37.9. The van der Waals surface area contributed by atoms with Crippen molar-refractivity contribution in [1.82, 2.24) is 0 Å². The first kappa shape index (κ1) is 73.5. The summed E-state index contributed by atoms with van der Waals surface area (Å²) in [6, 6.07) is 0. The van der Waals surface area contributed by atoms with Crippen molar-refractivity contribution in [2.75, 3.05) is 47.5 Å². The van der Waals surface area contributed by atoms with Crippen molar-refractivity contribution in [3.05, 3.63) is 72.9 Å². The first-order chi connectivity index (χ1) is 37.0. The van der Waals surface area contributed by atoms with Gasteiger partial charge < -0.3 is 27.9 Å². The summed E-state index contributed by atoms with van der Waals surface area (Å²) in [5.74, 6) is -0.842. The number of phosphoric ester groups is 1. The lowest BCUT2D eigenvalue weighted by atomic mass is 10.0. The molecule has 0 aliphatic heterocycles. The molecule has 0 spiro atoms. The van der Waals surface area contributed by atoms with Gasteiger partial charge in [0.25, 0.3) is 7.82 Å². The van der Waals surface area contributed by atoms with E-state index in [-0.39, 0.29) is 32.0 Å². The molecule has 0 amide bonds. The normalized spacial score (nSPS) is 13.7. The molecule has 0 bridgehead atoms. The molecule has 0 fully saturated rings. The number of carbonyl (C=O) groups excluding carboxylic acids is 2. The average molecular weight is 1090 g/mol. The third-order valence-corrected chi connectivity index (χ3v) is 14.7. The zero-order chi connectivity index (χ0) is 55.6. The minimum atomic E-state index is -4.64. The van der Waals surface area contributed by atoms with Gasteiger partial charge in [-0.25, -0.2) is 0 Å². The minimum absolute atomic E-state index is 0.0355. The molecule has 0 aromatic heterocycles. The van der Waals surface area contributed by atoms with Crippen molar-refractivity contribution in [3.8, 4) is 0 Å². The quantitative estimate of drug-likeness (QED) is 0.0195. The number of esters is 2. The molecule has 76 heavy (non-hydrogen) atoms. The Morgan fingerprint density at radius 2 is 0.750 bits per heavy atom. The summed E-state index contributed by atoms with van der Waals surface area (Å²) in [5, 5.41) is 0. The number of rotatable bonds is 58. The van der Waals surface area contributed by atoms with E-state index in [2.05, 4.69) is 86.8 Å². The second-order valence-electron chi connectivity index (χ2n) is 22.4. The maximum atomic E-state index is 12.8. The molecule has 0 radical (unpaired) electrons. The maximum Gasteiger partial charge on any atom is 0.306 e. The molecule has 442 valence electrons. The minimum Gasteiger partial charge on any atom is -0.756 e. The molecular formula is C66H120NO8P. The molecule has 0 saturated carbocycles. The van der Waals surface area contributed by atoms with Gasteiger partial charge in [0.05, 0.1) is 27.7 Å². The molecule has 10 heteroatoms. The lowest BCUT2D eigenvalue weighted by molar-refractivity contribution is -0.870. The number of carbonyl (C=O) groups is 2. The smallest absolute Gasteiger partial charge is 0.306 e. The molecule has 0 aliphatic rings. The van der Waals surface area contributed by atoms with E-state index in [1.807, 2.05) is 21.1 Å². The van der Waals surface area contributed by atoms with Crippen molar-refractivity contribution in [2.45, 2.75) is 290 Å². The van der Waals surface area contributed by atoms with Crippen LogP contribution in [0.25, 0.3) is 0 Å². The molecule has 0 heterocycles. The van der Waals surface area contributed by atoms with Crippen molar-refractivity contribution in [2.24, 2.45) is 0 Å². The number of quaternary nitrogens is 1. The number of hydrogen-bond acceptors (Lipinski definition) is 8. The van der Waals surface area contributed by atoms with Crippen LogP contribution in [0, 0.1) is 0 Å². The second kappa shape index (κ2) is 57.1. The van der Waals surface area contributed by atoms with Crippen LogP contribution in [0.3, 0.4) is 0 Å². The Balaban J connectivity index is 4.03. The molecule has 0 N–H and O–H groups in total. The number of unbranched alkanes of at least 4 members (excludes halogenated alkanes) is 32. The first-order valence-corrected chi connectivity index (χ1v) is 33.1. The molecule has 2 unspecified atom stereocenters. The topological polar surface area (TPSA) is 111 Å². The number of ether oxygens (including phenoxy) is 2. The zero-order valence-electron chi connectivity index (χ0n) is 50.2. The van der Waals surface area contributed by atoms with E-state index >= 15 is 0 Å². The Morgan fingerprint density at radius 3 is 1.12 bits per heavy atom. The largest absolute Gasteiger partial charge is 0.756 e. The molecular weight excluding hydrogens is 966 g/mol. The van der Waals surface area contributed by atoms with Crippen molar-refractivity contribution >= 4 is 19.8 Å². The van der Waals surface area contributed by atoms with Gasteiger partial charge in [-0.15, -0.1) is 0 Å². The van der Waals surface area contributed by atoms with Crippen molar-refractivity contribution < 1.29 is 42.1 Å². The Hall–Kier alpha value is -2.55. The SMILES string of the molecule is CC/C=C\C/C=C\C/C=C\C/C=C\CCCCCCCCC(=O)OC(COC(=O)CCCCCCCCCCCCCCCCCCCCCCC/C=C\C/C=C\CCCCCCC)COP(=O)([O-])OCC[N+](C)(C)C. The fourth-order valence-electron chi connectivity index (χ4n) is 8.86. The number of allylic oxidation sites excluding steroid dienone is 12. The molecule has 0 aliphatic carbocycles. The van der Waals surface area contributed by atoms with Crippen LogP contribution < -0.4 is 4.89 Å². The highest BCUT2D eigenvalue weighted by Gasteiger charge is 2.22. The van der Waals surface area contributed by atoms with Crippen LogP contribution in [-0.2, 0) is 32.7 Å². The van der Waals surface area contributed by atoms with E-state index in [0.29, 0.717) is 17.4 Å². The predicted molar refractivity (Wildman–Crippen MR) is 323 cm³/mol. The van der Waals surface area contributed by atoms with Gasteiger partial charge in [0.2, 0.25) is 0 Å². The highest BCUT2D eigenvalue weighted by Crippen LogP contribution is 2.38. The maximum absolute atomic E-state index is 12.8. The standard InChI is InChI=1S/C66H120NO8P/c1-6-8-10-12-14-16-18-20-22-24-26-27-28-29-30-31-32-33-34-35-36-37-38-39-41-42-44-46-48-50-52-54-56-58-65(68)72-62-64(63-74-76(70,71)73-61-60-67(3,4)5)75-66(69)59-57-55-53-51-49-47-45-43-40-25-23-21-19-17-15-13-11-9-7-2/h9,11,15,17-18,20-21,23-24,26,40,43,64H,6-8,10,12-14,16,19,22,25,27-39,41-42,44-63H2,1-5H3/b11-9-,17-15-,20-18-,23-21-,26-24-,43-40-. The van der Waals surface area contributed by atoms with E-state index in [1.54, 1.807) is 0 Å². The van der Waals surface area contributed by atoms with Crippen molar-refractivity contribution in [3.63, 3.8) is 0 Å². The van der Waals surface area contributed by atoms with E-state index in [1.165, 1.54) is 161 Å². The summed E-state index contributed by atoms with van der Waals surface area (Å²) < 4.78 is 34.2. The summed E-state index contributed by atoms with van der Waals surface area (Å²) in [6.07, 6.45) is 75.4. The Bertz CT molecular complexity index is 1510. The van der Waals surface area contributed by atoms with Gasteiger partial charge in [0.15, 0.2) is 6.10 Å². The number of hydrogen-bond donors (Lipinski definition) is 0. The fourth-order valence-corrected chi connectivity index (χ4v) is 9.58. The van der Waals surface area contributed by atoms with Crippen LogP contribution in [0.4, 0.5) is 0 Å². The lowest BCUT2D eigenvalue weighted by Gasteiger charge is -2.28. The van der Waals surface area contributed by atoms with Crippen LogP contribution in [0.5, 0.6) is 0 Å². The predicted octanol–water partition coefficient (Wildman–Crippen LogP) is 19.4. The lowest BCUT2D eigenvalue weighted by Crippen LogP contribution is -2.37. The second-order valence-corrected chi connectivity index (χ2v) is 23.8. The summed E-state index contributed by atoms with van der Waals surface area (Å²) >= 11 is 0. The van der Waals surface area contributed by atoms with Gasteiger partial charge in [-0.3, -0.25) is 14.2 Å². The molecule has 0 saturated heterocycles. The summed E-state index contributed by atoms with van der Waals surface area (Å²) in [5.41, 5.74) is 0. The van der Waals surface area contributed by atoms with Gasteiger partial charge in [-0.1, -0.05) is 260 Å². The highest BCUT2D eigenvalue weighted by molar-refractivity contribution is 7.45. The third kappa shape index (κ3) is 60.7. The van der Waals surface area contributed by atoms with Gasteiger partial charge >= 0.3 is 11.9 Å². The van der Waals surface area contributed by atoms with E-state index in [9.17, 15) is 19.0 Å². The van der Waals surface area contributed by atoms with Gasteiger partial charge in [-0.2, -0.15) is 0 Å². The van der Waals surface area contributed by atoms with E-state index in [4.69, 9.17) is 18.5 Å². The van der Waals surface area contributed by atoms with Crippen LogP contribution in [0.15, 0.2) is 72.9 Å². The van der Waals surface area contributed by atoms with Gasteiger partial charge in [-0.05, 0) is 83.5 Å². The van der Waals surface area contributed by atoms with E-state index in [0.717, 1.165) is 89.9 Å². The number of nitrogens with zero attached hydrogens (tertiary/aromatic N) is 1. The number of likely N-dealkylation sites (N-methyl/N-ethyl adjacent to an activating group) is 1. The zero-order valence-corrected chi connectivity index (χ0v) is 51.1. The van der Waals surface area contributed by atoms with Crippen LogP contribution in [-0.4, -0.2) is 70.0 Å². The van der Waals surface area contributed by atoms with Gasteiger partial charge in [0.1, 0.15) is 19.8 Å². The average Bonchev–Trinajstić information content (AvgIpc) is 3.38. The monoisotopic (exact) mass is 1090 g/mol. The molecule has 0 aromatic carbocycles. The van der Waals surface area contributed by atoms with Crippen LogP contribution >= 0.6 is 7.82 Å². The molecule has 2 atom stereocenters. The van der Waals surface area contributed by atoms with Crippen molar-refractivity contribution in [1.29, 1.82) is 0 Å². The molecule has 0 aromatic rings.